The fourth-order valence-corrected chi connectivity index (χ4v) is 2.96. The molecule has 25 heavy (non-hydrogen) atoms. The van der Waals surface area contributed by atoms with Crippen LogP contribution in [0, 0.1) is 10.1 Å². The lowest BCUT2D eigenvalue weighted by molar-refractivity contribution is -0.419. The van der Waals surface area contributed by atoms with Crippen molar-refractivity contribution in [1.29, 1.82) is 0 Å². The maximum Gasteiger partial charge on any atom is 0.332 e. The second kappa shape index (κ2) is 7.69. The summed E-state index contributed by atoms with van der Waals surface area (Å²) < 4.78 is 6.69. The number of nitrogens with zero attached hydrogens (tertiary/aromatic N) is 5. The number of ether oxygens (including phenoxy) is 1. The summed E-state index contributed by atoms with van der Waals surface area (Å²) in [6, 6.07) is 7.17. The van der Waals surface area contributed by atoms with Crippen molar-refractivity contribution in [2.24, 2.45) is 0 Å². The second-order valence-electron chi connectivity index (χ2n) is 5.09. The number of allylic oxidation sites excluding steroid dienone is 1. The van der Waals surface area contributed by atoms with Crippen molar-refractivity contribution in [1.82, 2.24) is 19.9 Å². The fourth-order valence-electron chi connectivity index (χ4n) is 2.53. The average Bonchev–Trinajstić information content (AvgIpc) is 3.03. The van der Waals surface area contributed by atoms with E-state index in [9.17, 15) is 10.1 Å². The van der Waals surface area contributed by atoms with E-state index < -0.39 is 4.92 Å². The molecule has 1 saturated heterocycles. The molecule has 2 heterocycles. The Kier molecular flexibility index (Phi) is 5.57. The predicted octanol–water partition coefficient (Wildman–Crippen LogP) is 3.21. The van der Waals surface area contributed by atoms with Crippen LogP contribution in [0.4, 0.5) is 0 Å². The first kappa shape index (κ1) is 18.1. The van der Waals surface area contributed by atoms with E-state index in [-0.39, 0.29) is 20.5 Å². The van der Waals surface area contributed by atoms with Crippen LogP contribution in [0.5, 0.6) is 0 Å². The van der Waals surface area contributed by atoms with Crippen molar-refractivity contribution in [3.05, 3.63) is 49.1 Å². The molecule has 0 bridgehead atoms. The predicted molar refractivity (Wildman–Crippen MR) is 97.8 cm³/mol. The molecule has 0 spiro atoms. The van der Waals surface area contributed by atoms with Crippen LogP contribution in [-0.4, -0.2) is 51.1 Å². The Morgan fingerprint density at radius 3 is 2.60 bits per heavy atom. The summed E-state index contributed by atoms with van der Waals surface area (Å²) in [7, 11) is 0. The molecule has 0 radical (unpaired) electrons. The van der Waals surface area contributed by atoms with Gasteiger partial charge in [0.05, 0.1) is 23.7 Å². The highest BCUT2D eigenvalue weighted by molar-refractivity contribution is 9.12. The van der Waals surface area contributed by atoms with Crippen molar-refractivity contribution in [3.8, 4) is 0 Å². The van der Waals surface area contributed by atoms with Gasteiger partial charge in [-0.05, 0) is 28.1 Å². The maximum absolute atomic E-state index is 11.8. The Balaban J connectivity index is 2.30. The summed E-state index contributed by atoms with van der Waals surface area (Å²) >= 11 is 15.0. The van der Waals surface area contributed by atoms with E-state index in [4.69, 9.17) is 27.9 Å². The molecule has 1 aromatic carbocycles. The van der Waals surface area contributed by atoms with E-state index in [1.807, 2.05) is 6.07 Å². The Morgan fingerprint density at radius 2 is 1.96 bits per heavy atom. The quantitative estimate of drug-likeness (QED) is 0.405. The monoisotopic (exact) mass is 447 g/mol. The smallest absolute Gasteiger partial charge is 0.332 e. The molecule has 0 saturated carbocycles. The van der Waals surface area contributed by atoms with E-state index in [0.717, 1.165) is 0 Å². The lowest BCUT2D eigenvalue weighted by atomic mass is 10.3. The van der Waals surface area contributed by atoms with Crippen molar-refractivity contribution >= 4 is 56.0 Å². The third kappa shape index (κ3) is 3.64. The normalized spacial score (nSPS) is 17.3. The number of hydrogen-bond acceptors (Lipinski definition) is 6. The summed E-state index contributed by atoms with van der Waals surface area (Å²) in [4.78, 5) is 13.0. The van der Waals surface area contributed by atoms with Crippen molar-refractivity contribution in [3.63, 3.8) is 0 Å². The molecule has 1 aliphatic rings. The molecule has 0 atom stereocenters. The molecule has 3 rings (SSSR count). The summed E-state index contributed by atoms with van der Waals surface area (Å²) in [5, 5.41) is 19.7. The van der Waals surface area contributed by atoms with Gasteiger partial charge in [-0.2, -0.15) is 4.68 Å². The van der Waals surface area contributed by atoms with Gasteiger partial charge >= 0.3 is 5.70 Å². The van der Waals surface area contributed by atoms with Crippen LogP contribution in [0.15, 0.2) is 38.9 Å². The number of fused-ring (bicyclic) bond motifs is 1. The zero-order valence-corrected chi connectivity index (χ0v) is 15.8. The summed E-state index contributed by atoms with van der Waals surface area (Å²) in [5.74, 6) is 0.199. The summed E-state index contributed by atoms with van der Waals surface area (Å²) in [6.07, 6.45) is 0. The molecular weight excluding hydrogens is 437 g/mol. The van der Waals surface area contributed by atoms with E-state index in [1.54, 1.807) is 23.1 Å². The van der Waals surface area contributed by atoms with Gasteiger partial charge in [-0.15, -0.1) is 5.10 Å². The summed E-state index contributed by atoms with van der Waals surface area (Å²) in [6.45, 7) is 1.77. The van der Waals surface area contributed by atoms with Gasteiger partial charge in [0.1, 0.15) is 14.5 Å². The molecule has 1 aromatic heterocycles. The first-order valence-electron chi connectivity index (χ1n) is 7.24. The Bertz CT molecular complexity index is 872. The molecule has 132 valence electrons. The SMILES string of the molecule is O=[N+]([O-])C(C(Cl)=C(Cl)Br)=C(N1CCOCC1)n1nnc2ccccc21. The van der Waals surface area contributed by atoms with Crippen LogP contribution in [0.25, 0.3) is 16.9 Å². The molecule has 0 unspecified atom stereocenters. The largest absolute Gasteiger partial charge is 0.378 e. The van der Waals surface area contributed by atoms with Gasteiger partial charge < -0.3 is 9.64 Å². The molecule has 1 fully saturated rings. The Labute approximate surface area is 160 Å². The van der Waals surface area contributed by atoms with Gasteiger partial charge in [-0.3, -0.25) is 10.1 Å². The number of halogens is 3. The Hall–Kier alpha value is -1.68. The maximum atomic E-state index is 11.8. The molecule has 11 heteroatoms. The van der Waals surface area contributed by atoms with Crippen LogP contribution >= 0.6 is 39.1 Å². The third-order valence-electron chi connectivity index (χ3n) is 3.63. The molecule has 0 aliphatic carbocycles. The summed E-state index contributed by atoms with van der Waals surface area (Å²) in [5.41, 5.74) is 0.876. The third-order valence-corrected chi connectivity index (χ3v) is 4.91. The topological polar surface area (TPSA) is 86.3 Å². The molecule has 2 aromatic rings. The Morgan fingerprint density at radius 1 is 1.28 bits per heavy atom. The van der Waals surface area contributed by atoms with E-state index in [1.165, 1.54) is 4.68 Å². The highest BCUT2D eigenvalue weighted by Gasteiger charge is 2.32. The number of rotatable bonds is 4. The van der Waals surface area contributed by atoms with Crippen LogP contribution in [-0.2, 0) is 4.74 Å². The molecule has 8 nitrogen and oxygen atoms in total. The minimum absolute atomic E-state index is 0.0592. The number of aromatic nitrogens is 3. The van der Waals surface area contributed by atoms with Gasteiger partial charge in [-0.25, -0.2) is 0 Å². The fraction of sp³-hybridized carbons (Fsp3) is 0.286. The minimum atomic E-state index is -0.576. The highest BCUT2D eigenvalue weighted by atomic mass is 79.9. The van der Waals surface area contributed by atoms with Crippen LogP contribution < -0.4 is 0 Å². The van der Waals surface area contributed by atoms with Gasteiger partial charge in [0.15, 0.2) is 0 Å². The molecule has 0 N–H and O–H groups in total. The number of hydrogen-bond donors (Lipinski definition) is 0. The average molecular weight is 449 g/mol. The standard InChI is InChI=1S/C14H12BrCl2N5O3/c15-13(17)11(16)12(22(23)24)14(20-5-7-25-8-6-20)21-10-4-2-1-3-9(10)18-19-21/h1-4H,5-8H2. The van der Waals surface area contributed by atoms with Crippen molar-refractivity contribution in [2.45, 2.75) is 0 Å². The number of morpholine rings is 1. The first-order chi connectivity index (χ1) is 12.0. The number of para-hydroxylation sites is 1. The molecule has 0 amide bonds. The number of benzene rings is 1. The zero-order chi connectivity index (χ0) is 18.0. The van der Waals surface area contributed by atoms with Crippen LogP contribution in [0.2, 0.25) is 0 Å². The lowest BCUT2D eigenvalue weighted by Gasteiger charge is -2.30. The molecular formula is C14H12BrCl2N5O3. The van der Waals surface area contributed by atoms with Crippen LogP contribution in [0.1, 0.15) is 0 Å². The van der Waals surface area contributed by atoms with E-state index in [0.29, 0.717) is 37.3 Å². The highest BCUT2D eigenvalue weighted by Crippen LogP contribution is 2.33. The first-order valence-corrected chi connectivity index (χ1v) is 8.79. The van der Waals surface area contributed by atoms with Gasteiger partial charge in [-0.1, -0.05) is 40.5 Å². The van der Waals surface area contributed by atoms with Crippen molar-refractivity contribution < 1.29 is 9.66 Å². The van der Waals surface area contributed by atoms with E-state index in [2.05, 4.69) is 26.2 Å². The van der Waals surface area contributed by atoms with Gasteiger partial charge in [0.2, 0.25) is 5.82 Å². The lowest BCUT2D eigenvalue weighted by Crippen LogP contribution is -2.38. The van der Waals surface area contributed by atoms with Gasteiger partial charge in [0, 0.05) is 13.1 Å². The van der Waals surface area contributed by atoms with Crippen molar-refractivity contribution in [2.75, 3.05) is 26.3 Å². The zero-order valence-electron chi connectivity index (χ0n) is 12.7. The minimum Gasteiger partial charge on any atom is -0.378 e. The van der Waals surface area contributed by atoms with E-state index >= 15 is 0 Å². The number of nitro groups is 1. The molecule has 1 aliphatic heterocycles. The second-order valence-corrected chi connectivity index (χ2v) is 7.10. The van der Waals surface area contributed by atoms with Gasteiger partial charge in [0.25, 0.3) is 0 Å². The van der Waals surface area contributed by atoms with Crippen LogP contribution in [0.3, 0.4) is 0 Å².